The standard InChI is InChI=1S/C17H15Br2NO/c1-10-8-12(18)6-7-13(10)17(21)20-16-14-5-3-2-4-11(14)9-15(16)19/h2-8,15-16H,9H2,1H3,(H,20,21). The van der Waals surface area contributed by atoms with Crippen molar-refractivity contribution >= 4 is 37.8 Å². The van der Waals surface area contributed by atoms with E-state index in [9.17, 15) is 4.79 Å². The van der Waals surface area contributed by atoms with Gasteiger partial charge in [0.1, 0.15) is 0 Å². The molecule has 3 rings (SSSR count). The molecule has 1 aliphatic rings. The molecule has 0 heterocycles. The van der Waals surface area contributed by atoms with Gasteiger partial charge in [0.05, 0.1) is 6.04 Å². The van der Waals surface area contributed by atoms with Gasteiger partial charge in [0.15, 0.2) is 0 Å². The number of halogens is 2. The molecule has 0 radical (unpaired) electrons. The summed E-state index contributed by atoms with van der Waals surface area (Å²) in [5.74, 6) is -0.0221. The van der Waals surface area contributed by atoms with Crippen LogP contribution in [0.15, 0.2) is 46.9 Å². The minimum Gasteiger partial charge on any atom is -0.344 e. The molecule has 2 nitrogen and oxygen atoms in total. The number of fused-ring (bicyclic) bond motifs is 1. The Labute approximate surface area is 141 Å². The summed E-state index contributed by atoms with van der Waals surface area (Å²) in [6.45, 7) is 1.95. The zero-order chi connectivity index (χ0) is 15.0. The van der Waals surface area contributed by atoms with Gasteiger partial charge in [0.2, 0.25) is 0 Å². The van der Waals surface area contributed by atoms with Crippen molar-refractivity contribution in [1.29, 1.82) is 0 Å². The minimum atomic E-state index is -0.0221. The summed E-state index contributed by atoms with van der Waals surface area (Å²) in [5.41, 5.74) is 4.21. The molecule has 2 unspecified atom stereocenters. The third-order valence-electron chi connectivity index (χ3n) is 3.89. The highest BCUT2D eigenvalue weighted by Gasteiger charge is 2.31. The first-order chi connectivity index (χ1) is 10.1. The van der Waals surface area contributed by atoms with E-state index < -0.39 is 0 Å². The SMILES string of the molecule is Cc1cc(Br)ccc1C(=O)NC1c2ccccc2CC1Br. The van der Waals surface area contributed by atoms with Crippen LogP contribution in [0.2, 0.25) is 0 Å². The van der Waals surface area contributed by atoms with Crippen molar-refractivity contribution in [2.75, 3.05) is 0 Å². The summed E-state index contributed by atoms with van der Waals surface area (Å²) in [6, 6.07) is 14.0. The molecular weight excluding hydrogens is 394 g/mol. The topological polar surface area (TPSA) is 29.1 Å². The van der Waals surface area contributed by atoms with Crippen LogP contribution in [0.3, 0.4) is 0 Å². The highest BCUT2D eigenvalue weighted by molar-refractivity contribution is 9.10. The molecule has 108 valence electrons. The lowest BCUT2D eigenvalue weighted by atomic mass is 10.1. The molecule has 1 amide bonds. The Hall–Kier alpha value is -1.13. The van der Waals surface area contributed by atoms with E-state index in [0.29, 0.717) is 0 Å². The number of rotatable bonds is 2. The van der Waals surface area contributed by atoms with Crippen molar-refractivity contribution in [2.24, 2.45) is 0 Å². The molecule has 0 spiro atoms. The fraction of sp³-hybridized carbons (Fsp3) is 0.235. The summed E-state index contributed by atoms with van der Waals surface area (Å²) in [6.07, 6.45) is 0.945. The van der Waals surface area contributed by atoms with Crippen LogP contribution in [0.5, 0.6) is 0 Å². The molecule has 1 aliphatic carbocycles. The summed E-state index contributed by atoms with van der Waals surface area (Å²) in [7, 11) is 0. The predicted octanol–water partition coefficient (Wildman–Crippen LogP) is 4.55. The number of alkyl halides is 1. The summed E-state index contributed by atoms with van der Waals surface area (Å²) >= 11 is 7.12. The number of nitrogens with one attached hydrogen (secondary N) is 1. The summed E-state index contributed by atoms with van der Waals surface area (Å²) in [4.78, 5) is 12.8. The van der Waals surface area contributed by atoms with Crippen LogP contribution in [0.1, 0.15) is 33.1 Å². The Balaban J connectivity index is 1.85. The maximum atomic E-state index is 12.5. The first kappa shape index (κ1) is 14.8. The Morgan fingerprint density at radius 3 is 2.76 bits per heavy atom. The number of carbonyl (C=O) groups excluding carboxylic acids is 1. The number of carbonyl (C=O) groups is 1. The molecule has 0 saturated carbocycles. The van der Waals surface area contributed by atoms with Gasteiger partial charge in [0.25, 0.3) is 5.91 Å². The third kappa shape index (κ3) is 2.92. The molecule has 21 heavy (non-hydrogen) atoms. The molecule has 2 aromatic rings. The van der Waals surface area contributed by atoms with E-state index >= 15 is 0 Å². The molecule has 4 heteroatoms. The average Bonchev–Trinajstić information content (AvgIpc) is 2.75. The largest absolute Gasteiger partial charge is 0.344 e. The van der Waals surface area contributed by atoms with Crippen molar-refractivity contribution < 1.29 is 4.79 Å². The van der Waals surface area contributed by atoms with Crippen LogP contribution >= 0.6 is 31.9 Å². The highest BCUT2D eigenvalue weighted by atomic mass is 79.9. The van der Waals surface area contributed by atoms with E-state index in [4.69, 9.17) is 0 Å². The quantitative estimate of drug-likeness (QED) is 0.725. The molecule has 2 aromatic carbocycles. The second-order valence-corrected chi connectivity index (χ2v) is 7.42. The number of amides is 1. The van der Waals surface area contributed by atoms with Crippen molar-refractivity contribution in [3.8, 4) is 0 Å². The van der Waals surface area contributed by atoms with Crippen LogP contribution in [-0.4, -0.2) is 10.7 Å². The van der Waals surface area contributed by atoms with Gasteiger partial charge in [0, 0.05) is 14.9 Å². The molecule has 0 saturated heterocycles. The van der Waals surface area contributed by atoms with Crippen LogP contribution in [0.4, 0.5) is 0 Å². The molecule has 0 bridgehead atoms. The van der Waals surface area contributed by atoms with Gasteiger partial charge in [-0.05, 0) is 48.2 Å². The molecule has 0 aromatic heterocycles. The van der Waals surface area contributed by atoms with Crippen molar-refractivity contribution in [2.45, 2.75) is 24.2 Å². The number of aryl methyl sites for hydroxylation is 1. The van der Waals surface area contributed by atoms with Crippen LogP contribution < -0.4 is 5.32 Å². The maximum absolute atomic E-state index is 12.5. The van der Waals surface area contributed by atoms with E-state index in [-0.39, 0.29) is 16.8 Å². The summed E-state index contributed by atoms with van der Waals surface area (Å²) < 4.78 is 0.987. The van der Waals surface area contributed by atoms with Gasteiger partial charge in [-0.1, -0.05) is 56.1 Å². The Morgan fingerprint density at radius 1 is 1.24 bits per heavy atom. The zero-order valence-corrected chi connectivity index (χ0v) is 14.7. The van der Waals surface area contributed by atoms with E-state index in [2.05, 4.69) is 49.3 Å². The van der Waals surface area contributed by atoms with Gasteiger partial charge < -0.3 is 5.32 Å². The van der Waals surface area contributed by atoms with E-state index in [1.807, 2.05) is 37.3 Å². The molecule has 1 N–H and O–H groups in total. The lowest BCUT2D eigenvalue weighted by Crippen LogP contribution is -2.32. The fourth-order valence-electron chi connectivity index (χ4n) is 2.82. The zero-order valence-electron chi connectivity index (χ0n) is 11.6. The second-order valence-electron chi connectivity index (χ2n) is 5.33. The molecule has 0 aliphatic heterocycles. The minimum absolute atomic E-state index is 0.0221. The number of hydrogen-bond acceptors (Lipinski definition) is 1. The van der Waals surface area contributed by atoms with Gasteiger partial charge >= 0.3 is 0 Å². The number of hydrogen-bond donors (Lipinski definition) is 1. The van der Waals surface area contributed by atoms with Gasteiger partial charge in [-0.25, -0.2) is 0 Å². The monoisotopic (exact) mass is 407 g/mol. The van der Waals surface area contributed by atoms with Gasteiger partial charge in [-0.3, -0.25) is 4.79 Å². The van der Waals surface area contributed by atoms with Crippen LogP contribution in [0, 0.1) is 6.92 Å². The Morgan fingerprint density at radius 2 is 2.00 bits per heavy atom. The molecule has 2 atom stereocenters. The second kappa shape index (κ2) is 5.93. The Kier molecular flexibility index (Phi) is 4.18. The molecule has 0 fully saturated rings. The predicted molar refractivity (Wildman–Crippen MR) is 91.9 cm³/mol. The average molecular weight is 409 g/mol. The first-order valence-corrected chi connectivity index (χ1v) is 8.56. The van der Waals surface area contributed by atoms with E-state index in [1.165, 1.54) is 11.1 Å². The van der Waals surface area contributed by atoms with Crippen LogP contribution in [0.25, 0.3) is 0 Å². The van der Waals surface area contributed by atoms with E-state index in [1.54, 1.807) is 0 Å². The highest BCUT2D eigenvalue weighted by Crippen LogP contribution is 2.36. The van der Waals surface area contributed by atoms with E-state index in [0.717, 1.165) is 22.0 Å². The lowest BCUT2D eigenvalue weighted by Gasteiger charge is -2.18. The lowest BCUT2D eigenvalue weighted by molar-refractivity contribution is 0.0937. The smallest absolute Gasteiger partial charge is 0.252 e. The first-order valence-electron chi connectivity index (χ1n) is 6.85. The van der Waals surface area contributed by atoms with Crippen LogP contribution in [-0.2, 0) is 6.42 Å². The van der Waals surface area contributed by atoms with Crippen molar-refractivity contribution in [3.05, 3.63) is 69.2 Å². The third-order valence-corrected chi connectivity index (χ3v) is 5.23. The fourth-order valence-corrected chi connectivity index (χ4v) is 4.06. The maximum Gasteiger partial charge on any atom is 0.252 e. The molecular formula is C17H15Br2NO. The van der Waals surface area contributed by atoms with Gasteiger partial charge in [-0.2, -0.15) is 0 Å². The number of benzene rings is 2. The Bertz CT molecular complexity index is 699. The normalized spacial score (nSPS) is 20.1. The summed E-state index contributed by atoms with van der Waals surface area (Å²) in [5, 5.41) is 3.16. The van der Waals surface area contributed by atoms with Crippen molar-refractivity contribution in [1.82, 2.24) is 5.32 Å². The van der Waals surface area contributed by atoms with Gasteiger partial charge in [-0.15, -0.1) is 0 Å². The van der Waals surface area contributed by atoms with Crippen molar-refractivity contribution in [3.63, 3.8) is 0 Å².